The predicted molar refractivity (Wildman–Crippen MR) is 126 cm³/mol. The maximum Gasteiger partial charge on any atom is 0.258 e. The van der Waals surface area contributed by atoms with Crippen LogP contribution in [0.5, 0.6) is 5.88 Å². The second-order valence-corrected chi connectivity index (χ2v) is 8.54. The fraction of sp³-hybridized carbons (Fsp3) is 0.261. The molecule has 4 rings (SSSR count). The molecular weight excluding hydrogens is 449 g/mol. The van der Waals surface area contributed by atoms with Crippen molar-refractivity contribution in [1.82, 2.24) is 14.9 Å². The van der Waals surface area contributed by atoms with Gasteiger partial charge < -0.3 is 21.1 Å². The van der Waals surface area contributed by atoms with Crippen LogP contribution in [0.2, 0.25) is 10.0 Å². The number of likely N-dealkylation sites (tertiary alicyclic amines) is 1. The highest BCUT2D eigenvalue weighted by Crippen LogP contribution is 2.34. The molecule has 1 aliphatic rings. The van der Waals surface area contributed by atoms with Crippen molar-refractivity contribution in [2.75, 3.05) is 18.8 Å². The topological polar surface area (TPSA) is 107 Å². The molecule has 9 heteroatoms. The van der Waals surface area contributed by atoms with E-state index >= 15 is 0 Å². The lowest BCUT2D eigenvalue weighted by Gasteiger charge is -2.18. The fourth-order valence-electron chi connectivity index (χ4n) is 3.70. The molecule has 0 aliphatic carbocycles. The molecular formula is C23H23Cl2N5O2. The minimum atomic E-state index is -0.504. The number of hydrogen-bond donors (Lipinski definition) is 2. The molecule has 2 heterocycles. The third-order valence-corrected chi connectivity index (χ3v) is 6.04. The molecule has 1 amide bonds. The van der Waals surface area contributed by atoms with E-state index in [0.717, 1.165) is 12.0 Å². The van der Waals surface area contributed by atoms with Crippen LogP contribution >= 0.6 is 23.2 Å². The second kappa shape index (κ2) is 9.32. The average Bonchev–Trinajstić information content (AvgIpc) is 3.21. The van der Waals surface area contributed by atoms with Crippen LogP contribution in [0.25, 0.3) is 11.3 Å². The summed E-state index contributed by atoms with van der Waals surface area (Å²) in [6.45, 7) is 3.03. The van der Waals surface area contributed by atoms with Crippen molar-refractivity contribution in [3.05, 3.63) is 69.8 Å². The van der Waals surface area contributed by atoms with E-state index in [9.17, 15) is 4.79 Å². The first-order valence-corrected chi connectivity index (χ1v) is 11.0. The Bertz CT molecular complexity index is 1140. The molecule has 0 radical (unpaired) electrons. The molecule has 2 atom stereocenters. The van der Waals surface area contributed by atoms with E-state index in [2.05, 4.69) is 9.97 Å². The second-order valence-electron chi connectivity index (χ2n) is 7.72. The lowest BCUT2D eigenvalue weighted by Crippen LogP contribution is -2.31. The van der Waals surface area contributed by atoms with Gasteiger partial charge in [0.25, 0.3) is 11.8 Å². The molecule has 7 nitrogen and oxygen atoms in total. The van der Waals surface area contributed by atoms with Gasteiger partial charge in [-0.15, -0.1) is 0 Å². The lowest BCUT2D eigenvalue weighted by atomic mass is 10.1. The van der Waals surface area contributed by atoms with Crippen LogP contribution in [0.15, 0.2) is 48.7 Å². The third-order valence-electron chi connectivity index (χ3n) is 5.38. The maximum absolute atomic E-state index is 12.8. The van der Waals surface area contributed by atoms with Crippen LogP contribution in [0.1, 0.15) is 35.4 Å². The van der Waals surface area contributed by atoms with Gasteiger partial charge in [-0.3, -0.25) is 4.79 Å². The third kappa shape index (κ3) is 4.65. The van der Waals surface area contributed by atoms with Gasteiger partial charge in [-0.25, -0.2) is 9.97 Å². The number of ether oxygens (including phenoxy) is 1. The fourth-order valence-corrected chi connectivity index (χ4v) is 4.40. The Kier molecular flexibility index (Phi) is 6.50. The quantitative estimate of drug-likeness (QED) is 0.572. The number of carbonyl (C=O) groups excluding carboxylic acids is 1. The van der Waals surface area contributed by atoms with Gasteiger partial charge >= 0.3 is 0 Å². The molecule has 1 aromatic heterocycles. The van der Waals surface area contributed by atoms with Crippen LogP contribution in [-0.4, -0.2) is 39.9 Å². The van der Waals surface area contributed by atoms with Crippen LogP contribution in [0, 0.1) is 0 Å². The number of amides is 1. The van der Waals surface area contributed by atoms with Gasteiger partial charge in [0.2, 0.25) is 0 Å². The van der Waals surface area contributed by atoms with E-state index in [0.29, 0.717) is 40.0 Å². The minimum absolute atomic E-state index is 0.0263. The number of nitrogens with zero attached hydrogens (tertiary/aromatic N) is 3. The Hall–Kier alpha value is -2.87. The number of halogens is 2. The molecule has 32 heavy (non-hydrogen) atoms. The Morgan fingerprint density at radius 2 is 1.94 bits per heavy atom. The standard InChI is InChI=1S/C23H23Cl2N5O2/c1-13(20-17(24)6-3-7-18(20)25)32-22-21(27)28-11-19(29-22)14-4-2-5-15(10-14)23(31)30-9-8-16(26)12-30/h2-7,10-11,13,16H,8-9,12,26H2,1H3,(H2,27,28)/t13?,16-/m1/s1. The van der Waals surface area contributed by atoms with E-state index in [4.69, 9.17) is 39.4 Å². The number of hydrogen-bond acceptors (Lipinski definition) is 6. The predicted octanol–water partition coefficient (Wildman–Crippen LogP) is 4.35. The van der Waals surface area contributed by atoms with Crippen LogP contribution in [0.4, 0.5) is 5.82 Å². The van der Waals surface area contributed by atoms with Crippen molar-refractivity contribution in [2.24, 2.45) is 5.73 Å². The summed E-state index contributed by atoms with van der Waals surface area (Å²) in [5, 5.41) is 0.973. The number of rotatable bonds is 5. The Morgan fingerprint density at radius 3 is 2.62 bits per heavy atom. The van der Waals surface area contributed by atoms with Gasteiger partial charge in [-0.2, -0.15) is 0 Å². The molecule has 2 aromatic carbocycles. The minimum Gasteiger partial charge on any atom is -0.467 e. The molecule has 1 aliphatic heterocycles. The normalized spacial score (nSPS) is 16.8. The van der Waals surface area contributed by atoms with E-state index in [1.54, 1.807) is 48.4 Å². The van der Waals surface area contributed by atoms with Crippen LogP contribution in [-0.2, 0) is 0 Å². The number of benzene rings is 2. The van der Waals surface area contributed by atoms with Crippen molar-refractivity contribution >= 4 is 34.9 Å². The summed E-state index contributed by atoms with van der Waals surface area (Å²) in [4.78, 5) is 23.4. The summed E-state index contributed by atoms with van der Waals surface area (Å²) in [7, 11) is 0. The molecule has 4 N–H and O–H groups in total. The summed E-state index contributed by atoms with van der Waals surface area (Å²) >= 11 is 12.6. The van der Waals surface area contributed by atoms with Crippen molar-refractivity contribution in [1.29, 1.82) is 0 Å². The molecule has 1 fully saturated rings. The zero-order chi connectivity index (χ0) is 22.8. The van der Waals surface area contributed by atoms with E-state index in [1.807, 2.05) is 12.1 Å². The molecule has 0 spiro atoms. The first kappa shape index (κ1) is 22.3. The van der Waals surface area contributed by atoms with Crippen molar-refractivity contribution < 1.29 is 9.53 Å². The van der Waals surface area contributed by atoms with Gasteiger partial charge in [0.1, 0.15) is 6.10 Å². The zero-order valence-electron chi connectivity index (χ0n) is 17.5. The number of carbonyl (C=O) groups is 1. The number of nitrogen functional groups attached to an aromatic ring is 1. The Morgan fingerprint density at radius 1 is 1.22 bits per heavy atom. The van der Waals surface area contributed by atoms with Gasteiger partial charge in [-0.05, 0) is 37.6 Å². The van der Waals surface area contributed by atoms with Crippen molar-refractivity contribution in [3.63, 3.8) is 0 Å². The number of anilines is 1. The van der Waals surface area contributed by atoms with E-state index in [1.165, 1.54) is 0 Å². The number of aromatic nitrogens is 2. The SMILES string of the molecule is CC(Oc1nc(-c2cccc(C(=O)N3CC[C@@H](N)C3)c2)cnc1N)c1c(Cl)cccc1Cl. The van der Waals surface area contributed by atoms with Crippen LogP contribution < -0.4 is 16.2 Å². The molecule has 0 saturated carbocycles. The zero-order valence-corrected chi connectivity index (χ0v) is 19.0. The molecule has 1 unspecified atom stereocenters. The first-order chi connectivity index (χ1) is 15.3. The number of nitrogens with two attached hydrogens (primary N) is 2. The smallest absolute Gasteiger partial charge is 0.258 e. The summed E-state index contributed by atoms with van der Waals surface area (Å²) < 4.78 is 5.97. The molecule has 166 valence electrons. The monoisotopic (exact) mass is 471 g/mol. The molecule has 0 bridgehead atoms. The maximum atomic E-state index is 12.8. The average molecular weight is 472 g/mol. The molecule has 3 aromatic rings. The summed E-state index contributed by atoms with van der Waals surface area (Å²) in [6, 6.07) is 12.5. The van der Waals surface area contributed by atoms with Gasteiger partial charge in [0.05, 0.1) is 11.9 Å². The summed E-state index contributed by atoms with van der Waals surface area (Å²) in [5.74, 6) is 0.247. The van der Waals surface area contributed by atoms with E-state index in [-0.39, 0.29) is 23.6 Å². The Labute approximate surface area is 196 Å². The van der Waals surface area contributed by atoms with Gasteiger partial charge in [-0.1, -0.05) is 41.4 Å². The lowest BCUT2D eigenvalue weighted by molar-refractivity contribution is 0.0791. The highest BCUT2D eigenvalue weighted by atomic mass is 35.5. The Balaban J connectivity index is 1.60. The highest BCUT2D eigenvalue weighted by molar-refractivity contribution is 6.36. The first-order valence-electron chi connectivity index (χ1n) is 10.2. The summed E-state index contributed by atoms with van der Waals surface area (Å²) in [6.07, 6.45) is 1.85. The van der Waals surface area contributed by atoms with E-state index < -0.39 is 6.10 Å². The molecule has 1 saturated heterocycles. The van der Waals surface area contributed by atoms with Gasteiger partial charge in [0, 0.05) is 45.9 Å². The highest BCUT2D eigenvalue weighted by Gasteiger charge is 2.25. The van der Waals surface area contributed by atoms with Crippen molar-refractivity contribution in [2.45, 2.75) is 25.5 Å². The summed E-state index contributed by atoms with van der Waals surface area (Å²) in [5.41, 5.74) is 14.4. The van der Waals surface area contributed by atoms with Crippen LogP contribution in [0.3, 0.4) is 0 Å². The largest absolute Gasteiger partial charge is 0.467 e. The van der Waals surface area contributed by atoms with Gasteiger partial charge in [0.15, 0.2) is 5.82 Å². The van der Waals surface area contributed by atoms with Crippen molar-refractivity contribution in [3.8, 4) is 17.1 Å².